The van der Waals surface area contributed by atoms with Gasteiger partial charge in [0.05, 0.1) is 11.7 Å². The average molecular weight is 386 g/mol. The molecule has 0 bridgehead atoms. The van der Waals surface area contributed by atoms with E-state index in [1.54, 1.807) is 22.2 Å². The predicted octanol–water partition coefficient (Wildman–Crippen LogP) is 3.52. The van der Waals surface area contributed by atoms with Crippen LogP contribution in [0, 0.1) is 5.92 Å². The van der Waals surface area contributed by atoms with Gasteiger partial charge in [-0.3, -0.25) is 14.2 Å². The highest BCUT2D eigenvalue weighted by atomic mass is 32.1. The molecule has 0 aliphatic heterocycles. The van der Waals surface area contributed by atoms with Gasteiger partial charge < -0.3 is 4.90 Å². The van der Waals surface area contributed by atoms with Crippen LogP contribution < -0.4 is 5.56 Å². The Morgan fingerprint density at radius 1 is 1.26 bits per heavy atom. The van der Waals surface area contributed by atoms with E-state index in [0.29, 0.717) is 18.0 Å². The zero-order valence-corrected chi connectivity index (χ0v) is 16.8. The van der Waals surface area contributed by atoms with Crippen molar-refractivity contribution in [3.8, 4) is 0 Å². The van der Waals surface area contributed by atoms with Crippen molar-refractivity contribution >= 4 is 27.5 Å². The molecule has 2 aromatic rings. The van der Waals surface area contributed by atoms with Gasteiger partial charge in [0.1, 0.15) is 11.4 Å². The summed E-state index contributed by atoms with van der Waals surface area (Å²) in [6.45, 7) is 2.30. The van der Waals surface area contributed by atoms with E-state index in [2.05, 4.69) is 16.8 Å². The van der Waals surface area contributed by atoms with Gasteiger partial charge in [0.15, 0.2) is 0 Å². The molecule has 2 heterocycles. The number of hydrogen-bond donors (Lipinski definition) is 0. The Bertz CT molecular complexity index is 939. The van der Waals surface area contributed by atoms with Crippen LogP contribution in [0.1, 0.15) is 62.3 Å². The number of amides is 1. The van der Waals surface area contributed by atoms with Crippen molar-refractivity contribution in [2.24, 2.45) is 5.92 Å². The molecule has 2 aromatic heterocycles. The summed E-state index contributed by atoms with van der Waals surface area (Å²) in [6, 6.07) is 0.688. The Morgan fingerprint density at radius 3 is 2.78 bits per heavy atom. The number of rotatable bonds is 5. The maximum absolute atomic E-state index is 13.2. The second-order valence-corrected chi connectivity index (χ2v) is 9.62. The van der Waals surface area contributed by atoms with Crippen molar-refractivity contribution in [3.63, 3.8) is 0 Å². The van der Waals surface area contributed by atoms with E-state index in [1.807, 2.05) is 0 Å². The van der Waals surface area contributed by atoms with Gasteiger partial charge in [-0.15, -0.1) is 11.3 Å². The van der Waals surface area contributed by atoms with Crippen LogP contribution in [0.3, 0.4) is 0 Å². The van der Waals surface area contributed by atoms with Crippen LogP contribution in [0.25, 0.3) is 10.2 Å². The Labute approximate surface area is 163 Å². The Balaban J connectivity index is 1.46. The Hall–Kier alpha value is -1.69. The maximum atomic E-state index is 13.2. The summed E-state index contributed by atoms with van der Waals surface area (Å²) in [5.41, 5.74) is 1.18. The highest BCUT2D eigenvalue weighted by Crippen LogP contribution is 2.40. The molecule has 0 saturated heterocycles. The zero-order chi connectivity index (χ0) is 18.5. The molecule has 6 heteroatoms. The van der Waals surface area contributed by atoms with Crippen LogP contribution in [-0.4, -0.2) is 32.4 Å². The van der Waals surface area contributed by atoms with Gasteiger partial charge in [0, 0.05) is 17.0 Å². The van der Waals surface area contributed by atoms with Gasteiger partial charge in [-0.1, -0.05) is 6.42 Å². The summed E-state index contributed by atoms with van der Waals surface area (Å²) in [4.78, 5) is 35.1. The third kappa shape index (κ3) is 3.22. The highest BCUT2D eigenvalue weighted by Gasteiger charge is 2.41. The normalized spacial score (nSPS) is 20.9. The van der Waals surface area contributed by atoms with Crippen molar-refractivity contribution in [3.05, 3.63) is 27.1 Å². The quantitative estimate of drug-likeness (QED) is 0.740. The minimum atomic E-state index is -0.0254. The third-order valence-electron chi connectivity index (χ3n) is 6.47. The van der Waals surface area contributed by atoms with Crippen LogP contribution in [0.15, 0.2) is 11.1 Å². The minimum absolute atomic E-state index is 0.0254. The fourth-order valence-electron chi connectivity index (χ4n) is 4.62. The van der Waals surface area contributed by atoms with Crippen molar-refractivity contribution in [1.29, 1.82) is 0 Å². The fourth-order valence-corrected chi connectivity index (χ4v) is 5.84. The first kappa shape index (κ1) is 17.4. The average Bonchev–Trinajstić information content (AvgIpc) is 3.53. The number of aromatic nitrogens is 2. The van der Waals surface area contributed by atoms with Gasteiger partial charge in [0.2, 0.25) is 5.91 Å². The topological polar surface area (TPSA) is 55.2 Å². The molecular formula is C21H27N3O2S. The number of aryl methyl sites for hydroxylation is 2. The van der Waals surface area contributed by atoms with Gasteiger partial charge in [-0.2, -0.15) is 0 Å². The second kappa shape index (κ2) is 6.73. The summed E-state index contributed by atoms with van der Waals surface area (Å²) in [5, 5.41) is 0.778. The van der Waals surface area contributed by atoms with Crippen LogP contribution >= 0.6 is 11.3 Å². The standard InChI is InChI=1S/C21H27N3O2S/c1-13(14-7-8-14)24(15-9-10-15)18(25)11-23-12-22-20-19(21(23)26)16-5-3-2-4-6-17(16)27-20/h12-15H,2-11H2,1H3. The minimum Gasteiger partial charge on any atom is -0.335 e. The van der Waals surface area contributed by atoms with E-state index in [-0.39, 0.29) is 18.0 Å². The van der Waals surface area contributed by atoms with Crippen molar-refractivity contribution in [2.75, 3.05) is 0 Å². The molecule has 3 aliphatic rings. The molecular weight excluding hydrogens is 358 g/mol. The van der Waals surface area contributed by atoms with E-state index in [9.17, 15) is 9.59 Å². The maximum Gasteiger partial charge on any atom is 0.262 e. The number of thiophene rings is 1. The highest BCUT2D eigenvalue weighted by molar-refractivity contribution is 7.18. The first-order chi connectivity index (χ1) is 13.1. The first-order valence-corrected chi connectivity index (χ1v) is 11.3. The van der Waals surface area contributed by atoms with E-state index in [1.165, 1.54) is 36.1 Å². The molecule has 2 fully saturated rings. The smallest absolute Gasteiger partial charge is 0.262 e. The number of carbonyl (C=O) groups excluding carboxylic acids is 1. The number of nitrogens with zero attached hydrogens (tertiary/aromatic N) is 3. The summed E-state index contributed by atoms with van der Waals surface area (Å²) in [5.74, 6) is 0.737. The van der Waals surface area contributed by atoms with E-state index in [4.69, 9.17) is 0 Å². The van der Waals surface area contributed by atoms with Crippen LogP contribution in [0.2, 0.25) is 0 Å². The third-order valence-corrected chi connectivity index (χ3v) is 7.67. The molecule has 27 heavy (non-hydrogen) atoms. The van der Waals surface area contributed by atoms with E-state index >= 15 is 0 Å². The molecule has 1 unspecified atom stereocenters. The van der Waals surface area contributed by atoms with E-state index < -0.39 is 0 Å². The molecule has 3 aliphatic carbocycles. The summed E-state index contributed by atoms with van der Waals surface area (Å²) < 4.78 is 1.55. The van der Waals surface area contributed by atoms with Crippen molar-refractivity contribution in [2.45, 2.75) is 83.3 Å². The van der Waals surface area contributed by atoms with E-state index in [0.717, 1.165) is 42.3 Å². The molecule has 5 rings (SSSR count). The zero-order valence-electron chi connectivity index (χ0n) is 15.9. The van der Waals surface area contributed by atoms with Crippen LogP contribution in [0.4, 0.5) is 0 Å². The molecule has 0 radical (unpaired) electrons. The van der Waals surface area contributed by atoms with Crippen molar-refractivity contribution in [1.82, 2.24) is 14.5 Å². The lowest BCUT2D eigenvalue weighted by Crippen LogP contribution is -2.44. The lowest BCUT2D eigenvalue weighted by Gasteiger charge is -2.29. The fraction of sp³-hybridized carbons (Fsp3) is 0.667. The van der Waals surface area contributed by atoms with Gasteiger partial charge in [0.25, 0.3) is 5.56 Å². The second-order valence-electron chi connectivity index (χ2n) is 8.53. The molecule has 1 amide bonds. The van der Waals surface area contributed by atoms with Gasteiger partial charge in [-0.25, -0.2) is 4.98 Å². The number of fused-ring (bicyclic) bond motifs is 3. The first-order valence-electron chi connectivity index (χ1n) is 10.4. The number of carbonyl (C=O) groups is 1. The van der Waals surface area contributed by atoms with Crippen molar-refractivity contribution < 1.29 is 4.79 Å². The summed E-state index contributed by atoms with van der Waals surface area (Å²) in [7, 11) is 0. The predicted molar refractivity (Wildman–Crippen MR) is 107 cm³/mol. The SMILES string of the molecule is CC(C1CC1)N(C(=O)Cn1cnc2sc3c(c2c1=O)CCCCC3)C1CC1. The Kier molecular flexibility index (Phi) is 4.34. The molecule has 144 valence electrons. The van der Waals surface area contributed by atoms with Gasteiger partial charge in [-0.05, 0) is 69.8 Å². The molecule has 0 spiro atoms. The summed E-state index contributed by atoms with van der Waals surface area (Å²) >= 11 is 1.67. The molecule has 1 atom stereocenters. The Morgan fingerprint density at radius 2 is 2.04 bits per heavy atom. The lowest BCUT2D eigenvalue weighted by molar-refractivity contribution is -0.135. The lowest BCUT2D eigenvalue weighted by atomic mass is 10.1. The van der Waals surface area contributed by atoms with Gasteiger partial charge >= 0.3 is 0 Å². The monoisotopic (exact) mass is 385 g/mol. The molecule has 5 nitrogen and oxygen atoms in total. The summed E-state index contributed by atoms with van der Waals surface area (Å²) in [6.07, 6.45) is 11.8. The molecule has 0 N–H and O–H groups in total. The molecule has 0 aromatic carbocycles. The molecule has 2 saturated carbocycles. The van der Waals surface area contributed by atoms with Crippen LogP contribution in [0.5, 0.6) is 0 Å². The largest absolute Gasteiger partial charge is 0.335 e. The van der Waals surface area contributed by atoms with Crippen LogP contribution in [-0.2, 0) is 24.2 Å². The number of hydrogen-bond acceptors (Lipinski definition) is 4.